The highest BCUT2D eigenvalue weighted by Gasteiger charge is 2.25. The third-order valence-corrected chi connectivity index (χ3v) is 6.03. The van der Waals surface area contributed by atoms with Gasteiger partial charge in [-0.05, 0) is 24.1 Å². The molecule has 0 aliphatic carbocycles. The van der Waals surface area contributed by atoms with E-state index in [9.17, 15) is 12.8 Å². The lowest BCUT2D eigenvalue weighted by atomic mass is 10.1. The fourth-order valence-electron chi connectivity index (χ4n) is 2.45. The number of benzene rings is 1. The van der Waals surface area contributed by atoms with Crippen LogP contribution < -0.4 is 4.72 Å². The molecule has 0 fully saturated rings. The molecule has 8 heteroatoms. The summed E-state index contributed by atoms with van der Waals surface area (Å²) in [5.41, 5.74) is 0.912. The van der Waals surface area contributed by atoms with Crippen LogP contribution >= 0.6 is 11.8 Å². The van der Waals surface area contributed by atoms with Crippen molar-refractivity contribution in [2.24, 2.45) is 0 Å². The second kappa shape index (κ2) is 6.26. The molecule has 3 rings (SSSR count). The minimum Gasteiger partial charge on any atom is -0.321 e. The summed E-state index contributed by atoms with van der Waals surface area (Å²) in [6.07, 6.45) is 0. The molecular weight excluding hydrogens is 337 g/mol. The van der Waals surface area contributed by atoms with Crippen molar-refractivity contribution in [3.8, 4) is 0 Å². The molecule has 0 atom stereocenters. The van der Waals surface area contributed by atoms with Crippen molar-refractivity contribution in [1.29, 1.82) is 0 Å². The van der Waals surface area contributed by atoms with Gasteiger partial charge in [0.15, 0.2) is 0 Å². The van der Waals surface area contributed by atoms with E-state index >= 15 is 0 Å². The number of nitrogens with zero attached hydrogens (tertiary/aromatic N) is 2. The van der Waals surface area contributed by atoms with Gasteiger partial charge in [0.05, 0.1) is 18.0 Å². The highest BCUT2D eigenvalue weighted by Crippen LogP contribution is 2.35. The SMILES string of the molecule is CC(C)c1nc2n(c1Sc1cccc(F)c1)CCS(=O)(=O)NC2. The van der Waals surface area contributed by atoms with Crippen LogP contribution in [0.3, 0.4) is 0 Å². The molecule has 124 valence electrons. The average molecular weight is 355 g/mol. The van der Waals surface area contributed by atoms with Crippen molar-refractivity contribution in [3.05, 3.63) is 41.6 Å². The van der Waals surface area contributed by atoms with Crippen LogP contribution in [-0.4, -0.2) is 23.7 Å². The van der Waals surface area contributed by atoms with Gasteiger partial charge in [-0.3, -0.25) is 0 Å². The topological polar surface area (TPSA) is 64.0 Å². The standard InChI is InChI=1S/C15H18FN3O2S2/c1-10(2)14-15(22-12-5-3-4-11(16)8-12)19-6-7-23(20,21)17-9-13(19)18-14/h3-5,8,10,17H,6-7,9H2,1-2H3. The zero-order valence-electron chi connectivity index (χ0n) is 12.9. The maximum atomic E-state index is 13.4. The summed E-state index contributed by atoms with van der Waals surface area (Å²) >= 11 is 1.43. The Balaban J connectivity index is 2.03. The summed E-state index contributed by atoms with van der Waals surface area (Å²) in [5, 5.41) is 0.888. The summed E-state index contributed by atoms with van der Waals surface area (Å²) in [5.74, 6) is 0.627. The molecule has 0 bridgehead atoms. The summed E-state index contributed by atoms with van der Waals surface area (Å²) in [6, 6.07) is 6.38. The predicted octanol–water partition coefficient (Wildman–Crippen LogP) is 2.73. The monoisotopic (exact) mass is 355 g/mol. The second-order valence-corrected chi connectivity index (χ2v) is 8.71. The summed E-state index contributed by atoms with van der Waals surface area (Å²) < 4.78 is 41.4. The zero-order valence-corrected chi connectivity index (χ0v) is 14.5. The molecule has 0 saturated heterocycles. The predicted molar refractivity (Wildman–Crippen MR) is 87.5 cm³/mol. The van der Waals surface area contributed by atoms with Gasteiger partial charge < -0.3 is 4.57 Å². The fourth-order valence-corrected chi connectivity index (χ4v) is 4.60. The van der Waals surface area contributed by atoms with E-state index in [2.05, 4.69) is 9.71 Å². The normalized spacial score (nSPS) is 17.0. The first-order valence-electron chi connectivity index (χ1n) is 7.36. The largest absolute Gasteiger partial charge is 0.321 e. The third-order valence-electron chi connectivity index (χ3n) is 3.62. The molecule has 1 aromatic carbocycles. The number of sulfonamides is 1. The van der Waals surface area contributed by atoms with Crippen molar-refractivity contribution in [3.63, 3.8) is 0 Å². The molecular formula is C15H18FN3O2S2. The van der Waals surface area contributed by atoms with Crippen LogP contribution in [0.25, 0.3) is 0 Å². The highest BCUT2D eigenvalue weighted by molar-refractivity contribution is 7.99. The van der Waals surface area contributed by atoms with E-state index < -0.39 is 10.0 Å². The number of halogens is 1. The average Bonchev–Trinajstić information content (AvgIpc) is 2.73. The summed E-state index contributed by atoms with van der Waals surface area (Å²) in [6.45, 7) is 4.62. The first-order chi connectivity index (χ1) is 10.9. The van der Waals surface area contributed by atoms with Crippen LogP contribution in [-0.2, 0) is 23.1 Å². The second-order valence-electron chi connectivity index (χ2n) is 5.72. The maximum Gasteiger partial charge on any atom is 0.213 e. The van der Waals surface area contributed by atoms with Gasteiger partial charge in [-0.15, -0.1) is 0 Å². The Kier molecular flexibility index (Phi) is 4.48. The Labute approximate surface area is 139 Å². The van der Waals surface area contributed by atoms with Crippen LogP contribution in [0, 0.1) is 5.82 Å². The van der Waals surface area contributed by atoms with Gasteiger partial charge in [0.1, 0.15) is 16.7 Å². The van der Waals surface area contributed by atoms with E-state index in [1.165, 1.54) is 23.9 Å². The minimum atomic E-state index is -3.27. The molecule has 2 heterocycles. The molecule has 1 aliphatic rings. The Hall–Kier alpha value is -1.38. The van der Waals surface area contributed by atoms with Gasteiger partial charge in [0.25, 0.3) is 0 Å². The Morgan fingerprint density at radius 1 is 1.39 bits per heavy atom. The first kappa shape index (κ1) is 16.5. The van der Waals surface area contributed by atoms with Crippen molar-refractivity contribution in [2.45, 2.75) is 42.8 Å². The van der Waals surface area contributed by atoms with E-state index in [-0.39, 0.29) is 24.0 Å². The van der Waals surface area contributed by atoms with Gasteiger partial charge in [-0.1, -0.05) is 31.7 Å². The van der Waals surface area contributed by atoms with E-state index in [0.29, 0.717) is 12.4 Å². The molecule has 2 aromatic rings. The van der Waals surface area contributed by atoms with Crippen molar-refractivity contribution in [1.82, 2.24) is 14.3 Å². The van der Waals surface area contributed by atoms with E-state index in [1.807, 2.05) is 24.5 Å². The van der Waals surface area contributed by atoms with Crippen LogP contribution in [0.1, 0.15) is 31.3 Å². The molecule has 0 unspecified atom stereocenters. The molecule has 1 aliphatic heterocycles. The van der Waals surface area contributed by atoms with Gasteiger partial charge in [-0.2, -0.15) is 0 Å². The maximum absolute atomic E-state index is 13.4. The fraction of sp³-hybridized carbons (Fsp3) is 0.400. The summed E-state index contributed by atoms with van der Waals surface area (Å²) in [4.78, 5) is 5.39. The number of hydrogen-bond donors (Lipinski definition) is 1. The minimum absolute atomic E-state index is 0.0185. The van der Waals surface area contributed by atoms with E-state index in [1.54, 1.807) is 6.07 Å². The molecule has 1 N–H and O–H groups in total. The zero-order chi connectivity index (χ0) is 16.6. The number of imidazole rings is 1. The summed E-state index contributed by atoms with van der Waals surface area (Å²) in [7, 11) is -3.27. The lowest BCUT2D eigenvalue weighted by Crippen LogP contribution is -2.24. The highest BCUT2D eigenvalue weighted by atomic mass is 32.2. The quantitative estimate of drug-likeness (QED) is 0.919. The third kappa shape index (κ3) is 3.59. The molecule has 0 radical (unpaired) electrons. The Morgan fingerprint density at radius 3 is 2.87 bits per heavy atom. The number of aromatic nitrogens is 2. The Bertz CT molecular complexity index is 831. The lowest BCUT2D eigenvalue weighted by molar-refractivity contribution is 0.580. The van der Waals surface area contributed by atoms with E-state index in [0.717, 1.165) is 15.6 Å². The van der Waals surface area contributed by atoms with E-state index in [4.69, 9.17) is 0 Å². The van der Waals surface area contributed by atoms with Crippen molar-refractivity contribution >= 4 is 21.8 Å². The molecule has 5 nitrogen and oxygen atoms in total. The van der Waals surface area contributed by atoms with Crippen molar-refractivity contribution in [2.75, 3.05) is 5.75 Å². The van der Waals surface area contributed by atoms with Crippen LogP contribution in [0.2, 0.25) is 0 Å². The number of rotatable bonds is 3. The van der Waals surface area contributed by atoms with Gasteiger partial charge in [0, 0.05) is 11.4 Å². The smallest absolute Gasteiger partial charge is 0.213 e. The van der Waals surface area contributed by atoms with Crippen molar-refractivity contribution < 1.29 is 12.8 Å². The first-order valence-corrected chi connectivity index (χ1v) is 9.82. The van der Waals surface area contributed by atoms with Gasteiger partial charge >= 0.3 is 0 Å². The molecule has 0 saturated carbocycles. The van der Waals surface area contributed by atoms with Gasteiger partial charge in [-0.25, -0.2) is 22.5 Å². The van der Waals surface area contributed by atoms with Crippen LogP contribution in [0.5, 0.6) is 0 Å². The van der Waals surface area contributed by atoms with Crippen LogP contribution in [0.15, 0.2) is 34.2 Å². The number of fused-ring (bicyclic) bond motifs is 1. The van der Waals surface area contributed by atoms with Crippen LogP contribution in [0.4, 0.5) is 4.39 Å². The molecule has 0 spiro atoms. The Morgan fingerprint density at radius 2 is 2.17 bits per heavy atom. The van der Waals surface area contributed by atoms with Gasteiger partial charge in [0.2, 0.25) is 10.0 Å². The number of hydrogen-bond acceptors (Lipinski definition) is 4. The lowest BCUT2D eigenvalue weighted by Gasteiger charge is -2.11. The molecule has 1 aromatic heterocycles. The molecule has 23 heavy (non-hydrogen) atoms. The number of nitrogens with one attached hydrogen (secondary N) is 1. The molecule has 0 amide bonds.